The van der Waals surface area contributed by atoms with Gasteiger partial charge in [0.05, 0.1) is 6.04 Å². The van der Waals surface area contributed by atoms with E-state index in [1.54, 1.807) is 6.92 Å². The molecule has 0 bridgehead atoms. The number of hydrogen-bond acceptors (Lipinski definition) is 3. The second-order valence-corrected chi connectivity index (χ2v) is 9.23. The first-order chi connectivity index (χ1) is 17.4. The highest BCUT2D eigenvalue weighted by Crippen LogP contribution is 2.31. The van der Waals surface area contributed by atoms with Crippen molar-refractivity contribution in [2.75, 3.05) is 6.54 Å². The number of fused-ring (bicyclic) bond motifs is 1. The van der Waals surface area contributed by atoms with Crippen LogP contribution in [0.2, 0.25) is 0 Å². The molecule has 0 unspecified atom stereocenters. The molecule has 6 nitrogen and oxygen atoms in total. The maximum atomic E-state index is 13.4. The highest BCUT2D eigenvalue weighted by molar-refractivity contribution is 6.09. The average molecular weight is 478 g/mol. The minimum absolute atomic E-state index is 0.297. The zero-order valence-corrected chi connectivity index (χ0v) is 20.0. The third-order valence-corrected chi connectivity index (χ3v) is 6.72. The van der Waals surface area contributed by atoms with Crippen molar-refractivity contribution in [2.45, 2.75) is 24.9 Å². The van der Waals surface area contributed by atoms with Crippen LogP contribution in [0.1, 0.15) is 29.7 Å². The van der Waals surface area contributed by atoms with Gasteiger partial charge >= 0.3 is 6.03 Å². The van der Waals surface area contributed by atoms with Gasteiger partial charge in [-0.1, -0.05) is 97.1 Å². The second-order valence-electron chi connectivity index (χ2n) is 9.23. The summed E-state index contributed by atoms with van der Waals surface area (Å²) in [5.74, 6) is -0.844. The molecule has 2 atom stereocenters. The van der Waals surface area contributed by atoms with Crippen LogP contribution in [0.4, 0.5) is 4.79 Å². The minimum Gasteiger partial charge on any atom is -0.347 e. The lowest BCUT2D eigenvalue weighted by Crippen LogP contribution is -2.44. The molecule has 6 heteroatoms. The van der Waals surface area contributed by atoms with Gasteiger partial charge in [-0.2, -0.15) is 0 Å². The van der Waals surface area contributed by atoms with E-state index in [2.05, 4.69) is 10.6 Å². The number of benzene rings is 4. The first-order valence-corrected chi connectivity index (χ1v) is 12.0. The maximum Gasteiger partial charge on any atom is 0.325 e. The number of rotatable bonds is 7. The fraction of sp³-hybridized carbons (Fsp3) is 0.167. The molecule has 1 aliphatic rings. The van der Waals surface area contributed by atoms with E-state index in [0.717, 1.165) is 26.8 Å². The van der Waals surface area contributed by atoms with Gasteiger partial charge in [0.2, 0.25) is 5.91 Å². The predicted octanol–water partition coefficient (Wildman–Crippen LogP) is 4.71. The summed E-state index contributed by atoms with van der Waals surface area (Å²) in [6, 6.07) is 32.2. The first kappa shape index (κ1) is 23.3. The summed E-state index contributed by atoms with van der Waals surface area (Å²) in [5.41, 5.74) is 1.46. The van der Waals surface area contributed by atoms with Crippen molar-refractivity contribution in [3.63, 3.8) is 0 Å². The summed E-state index contributed by atoms with van der Waals surface area (Å²) in [7, 11) is 0. The molecule has 2 N–H and O–H groups in total. The van der Waals surface area contributed by atoms with Crippen molar-refractivity contribution < 1.29 is 14.4 Å². The quantitative estimate of drug-likeness (QED) is 0.379. The Bertz CT molecular complexity index is 1420. The Kier molecular flexibility index (Phi) is 6.25. The second kappa shape index (κ2) is 9.66. The van der Waals surface area contributed by atoms with Crippen LogP contribution in [0.5, 0.6) is 0 Å². The first-order valence-electron chi connectivity index (χ1n) is 12.0. The van der Waals surface area contributed by atoms with Crippen LogP contribution in [-0.2, 0) is 21.5 Å². The van der Waals surface area contributed by atoms with Gasteiger partial charge in [0.25, 0.3) is 5.91 Å². The Morgan fingerprint density at radius 1 is 0.861 bits per heavy atom. The molecule has 4 amide bonds. The molecule has 0 saturated carbocycles. The fourth-order valence-corrected chi connectivity index (χ4v) is 4.71. The van der Waals surface area contributed by atoms with E-state index in [0.29, 0.717) is 12.0 Å². The number of carbonyl (C=O) groups excluding carboxylic acids is 3. The smallest absolute Gasteiger partial charge is 0.325 e. The van der Waals surface area contributed by atoms with E-state index in [4.69, 9.17) is 0 Å². The lowest BCUT2D eigenvalue weighted by Gasteiger charge is -2.23. The molecule has 180 valence electrons. The molecule has 4 aromatic rings. The van der Waals surface area contributed by atoms with Gasteiger partial charge in [-0.25, -0.2) is 4.79 Å². The third kappa shape index (κ3) is 4.58. The monoisotopic (exact) mass is 477 g/mol. The van der Waals surface area contributed by atoms with Crippen molar-refractivity contribution in [2.24, 2.45) is 0 Å². The molecular formula is C30H27N3O3. The summed E-state index contributed by atoms with van der Waals surface area (Å²) < 4.78 is 0. The molecule has 0 spiro atoms. The van der Waals surface area contributed by atoms with Crippen LogP contribution in [0.3, 0.4) is 0 Å². The number of nitrogens with zero attached hydrogens (tertiary/aromatic N) is 1. The average Bonchev–Trinajstić information content (AvgIpc) is 3.12. The Balaban J connectivity index is 1.34. The van der Waals surface area contributed by atoms with Crippen LogP contribution >= 0.6 is 0 Å². The van der Waals surface area contributed by atoms with Gasteiger partial charge in [0.15, 0.2) is 0 Å². The zero-order valence-electron chi connectivity index (χ0n) is 20.0. The van der Waals surface area contributed by atoms with Crippen LogP contribution < -0.4 is 10.6 Å². The van der Waals surface area contributed by atoms with Crippen molar-refractivity contribution in [1.29, 1.82) is 0 Å². The van der Waals surface area contributed by atoms with E-state index in [1.807, 2.05) is 103 Å². The highest BCUT2D eigenvalue weighted by Gasteiger charge is 2.49. The molecule has 0 aliphatic carbocycles. The standard InChI is InChI=1S/C30H27N3O3/c1-30(25-17-16-22-12-8-9-15-24(22)19-25)28(35)33(29(36)32-30)20-27(34)31-26(23-13-6-3-7-14-23)18-21-10-4-2-5-11-21/h2-17,19,26H,18,20H2,1H3,(H,31,34)(H,32,36)/t26-,30+/m0/s1. The van der Waals surface area contributed by atoms with E-state index >= 15 is 0 Å². The number of imide groups is 1. The van der Waals surface area contributed by atoms with Crippen LogP contribution in [0.25, 0.3) is 10.8 Å². The summed E-state index contributed by atoms with van der Waals surface area (Å²) in [4.78, 5) is 40.3. The molecule has 0 radical (unpaired) electrons. The molecule has 36 heavy (non-hydrogen) atoms. The molecule has 4 aromatic carbocycles. The highest BCUT2D eigenvalue weighted by atomic mass is 16.2. The number of carbonyl (C=O) groups is 3. The normalized spacial score (nSPS) is 18.2. The summed E-state index contributed by atoms with van der Waals surface area (Å²) in [6.45, 7) is 1.32. The van der Waals surface area contributed by atoms with Gasteiger partial charge in [-0.15, -0.1) is 0 Å². The number of nitrogens with one attached hydrogen (secondary N) is 2. The third-order valence-electron chi connectivity index (χ3n) is 6.72. The summed E-state index contributed by atoms with van der Waals surface area (Å²) in [6.07, 6.45) is 0.589. The van der Waals surface area contributed by atoms with Crippen molar-refractivity contribution >= 4 is 28.6 Å². The number of amides is 4. The lowest BCUT2D eigenvalue weighted by atomic mass is 9.90. The molecule has 1 fully saturated rings. The Morgan fingerprint density at radius 2 is 1.50 bits per heavy atom. The van der Waals surface area contributed by atoms with Gasteiger partial charge in [0.1, 0.15) is 12.1 Å². The van der Waals surface area contributed by atoms with Crippen molar-refractivity contribution in [1.82, 2.24) is 15.5 Å². The van der Waals surface area contributed by atoms with Crippen molar-refractivity contribution in [3.8, 4) is 0 Å². The molecule has 1 heterocycles. The molecule has 0 aromatic heterocycles. The van der Waals surface area contributed by atoms with Gasteiger partial charge in [0, 0.05) is 0 Å². The number of urea groups is 1. The maximum absolute atomic E-state index is 13.4. The Morgan fingerprint density at radius 3 is 2.22 bits per heavy atom. The van der Waals surface area contributed by atoms with Crippen LogP contribution in [0.15, 0.2) is 103 Å². The largest absolute Gasteiger partial charge is 0.347 e. The number of hydrogen-bond donors (Lipinski definition) is 2. The van der Waals surface area contributed by atoms with Gasteiger partial charge in [-0.3, -0.25) is 14.5 Å². The SMILES string of the molecule is C[C@]1(c2ccc3ccccc3c2)NC(=O)N(CC(=O)N[C@@H](Cc2ccccc2)c2ccccc2)C1=O. The summed E-state index contributed by atoms with van der Waals surface area (Å²) in [5, 5.41) is 7.84. The molecular weight excluding hydrogens is 450 g/mol. The Labute approximate surface area is 209 Å². The van der Waals surface area contributed by atoms with Crippen LogP contribution in [0, 0.1) is 0 Å². The molecule has 1 saturated heterocycles. The topological polar surface area (TPSA) is 78.5 Å². The van der Waals surface area contributed by atoms with E-state index in [-0.39, 0.29) is 12.6 Å². The van der Waals surface area contributed by atoms with Gasteiger partial charge < -0.3 is 10.6 Å². The van der Waals surface area contributed by atoms with E-state index in [9.17, 15) is 14.4 Å². The van der Waals surface area contributed by atoms with Gasteiger partial charge in [-0.05, 0) is 46.9 Å². The predicted molar refractivity (Wildman–Crippen MR) is 139 cm³/mol. The van der Waals surface area contributed by atoms with E-state index in [1.165, 1.54) is 0 Å². The van der Waals surface area contributed by atoms with Crippen molar-refractivity contribution in [3.05, 3.63) is 120 Å². The fourth-order valence-electron chi connectivity index (χ4n) is 4.71. The minimum atomic E-state index is -1.25. The summed E-state index contributed by atoms with van der Waals surface area (Å²) >= 11 is 0. The Hall–Kier alpha value is -4.45. The van der Waals surface area contributed by atoms with Crippen LogP contribution in [-0.4, -0.2) is 29.3 Å². The lowest BCUT2D eigenvalue weighted by molar-refractivity contribution is -0.135. The zero-order chi connectivity index (χ0) is 25.1. The van der Waals surface area contributed by atoms with E-state index < -0.39 is 23.4 Å². The molecule has 5 rings (SSSR count). The molecule has 1 aliphatic heterocycles.